The van der Waals surface area contributed by atoms with Gasteiger partial charge in [0.1, 0.15) is 17.9 Å². The van der Waals surface area contributed by atoms with Crippen LogP contribution in [-0.4, -0.2) is 55.9 Å². The normalized spacial score (nSPS) is 17.6. The molecule has 0 radical (unpaired) electrons. The van der Waals surface area contributed by atoms with E-state index in [1.54, 1.807) is 0 Å². The van der Waals surface area contributed by atoms with Gasteiger partial charge in [-0.3, -0.25) is 4.79 Å². The molecular formula is C16H19N5O4. The van der Waals surface area contributed by atoms with Crippen molar-refractivity contribution in [2.24, 2.45) is 0 Å². The van der Waals surface area contributed by atoms with Gasteiger partial charge in [0.15, 0.2) is 0 Å². The molecule has 9 nitrogen and oxygen atoms in total. The molecule has 0 unspecified atom stereocenters. The molecule has 9 heteroatoms. The van der Waals surface area contributed by atoms with Gasteiger partial charge in [0.05, 0.1) is 0 Å². The zero-order valence-electron chi connectivity index (χ0n) is 13.5. The lowest BCUT2D eigenvalue weighted by atomic mass is 9.89. The molecule has 2 heterocycles. The molecule has 1 aromatic carbocycles. The summed E-state index contributed by atoms with van der Waals surface area (Å²) in [5, 5.41) is 23.3. The molecule has 1 aliphatic heterocycles. The van der Waals surface area contributed by atoms with Crippen LogP contribution in [0.4, 0.5) is 0 Å². The third kappa shape index (κ3) is 3.82. The highest BCUT2D eigenvalue weighted by molar-refractivity contribution is 5.89. The van der Waals surface area contributed by atoms with Gasteiger partial charge >= 0.3 is 5.97 Å². The standard InChI is InChI=1S/C16H19N5O4/c22-14(18-16(15(23)24)6-8-25-9-7-16)13(21-11-17-19-20-21)10-12-4-2-1-3-5-12/h1-5,11,13H,6-10H2,(H,18,22)(H,23,24)/t13-/m0/s1. The maximum absolute atomic E-state index is 12.9. The lowest BCUT2D eigenvalue weighted by Gasteiger charge is -2.35. The summed E-state index contributed by atoms with van der Waals surface area (Å²) < 4.78 is 6.58. The minimum Gasteiger partial charge on any atom is -0.480 e. The molecule has 132 valence electrons. The third-order valence-electron chi connectivity index (χ3n) is 4.38. The lowest BCUT2D eigenvalue weighted by molar-refractivity contribution is -0.152. The number of hydrogen-bond acceptors (Lipinski definition) is 6. The van der Waals surface area contributed by atoms with Gasteiger partial charge in [-0.05, 0) is 16.0 Å². The Kier molecular flexibility index (Phi) is 5.03. The Morgan fingerprint density at radius 3 is 2.60 bits per heavy atom. The Labute approximate surface area is 144 Å². The van der Waals surface area contributed by atoms with E-state index in [9.17, 15) is 14.7 Å². The predicted molar refractivity (Wildman–Crippen MR) is 85.6 cm³/mol. The van der Waals surface area contributed by atoms with Crippen LogP contribution in [0.25, 0.3) is 0 Å². The van der Waals surface area contributed by atoms with Gasteiger partial charge in [0.25, 0.3) is 0 Å². The fraction of sp³-hybridized carbons (Fsp3) is 0.438. The number of benzene rings is 1. The van der Waals surface area contributed by atoms with Crippen molar-refractivity contribution in [2.75, 3.05) is 13.2 Å². The van der Waals surface area contributed by atoms with Gasteiger partial charge in [-0.2, -0.15) is 0 Å². The van der Waals surface area contributed by atoms with Crippen molar-refractivity contribution in [3.05, 3.63) is 42.2 Å². The Hall–Kier alpha value is -2.81. The van der Waals surface area contributed by atoms with E-state index in [0.717, 1.165) is 5.56 Å². The molecule has 1 saturated heterocycles. The van der Waals surface area contributed by atoms with E-state index in [2.05, 4.69) is 20.8 Å². The molecule has 3 rings (SSSR count). The smallest absolute Gasteiger partial charge is 0.329 e. The number of carbonyl (C=O) groups excluding carboxylic acids is 1. The highest BCUT2D eigenvalue weighted by Gasteiger charge is 2.43. The SMILES string of the molecule is O=C(NC1(C(=O)O)CCOCC1)[C@H](Cc1ccccc1)n1cnnn1. The number of rotatable bonds is 6. The van der Waals surface area contributed by atoms with Crippen molar-refractivity contribution in [2.45, 2.75) is 30.8 Å². The van der Waals surface area contributed by atoms with Gasteiger partial charge < -0.3 is 15.2 Å². The molecule has 0 saturated carbocycles. The molecule has 1 aliphatic rings. The minimum absolute atomic E-state index is 0.224. The first-order valence-corrected chi connectivity index (χ1v) is 8.00. The van der Waals surface area contributed by atoms with Crippen LogP contribution < -0.4 is 5.32 Å². The lowest BCUT2D eigenvalue weighted by Crippen LogP contribution is -2.59. The van der Waals surface area contributed by atoms with Crippen LogP contribution in [0.5, 0.6) is 0 Å². The molecule has 1 atom stereocenters. The molecule has 2 aromatic rings. The number of amides is 1. The maximum atomic E-state index is 12.9. The number of nitrogens with zero attached hydrogens (tertiary/aromatic N) is 4. The molecule has 1 fully saturated rings. The van der Waals surface area contributed by atoms with Gasteiger partial charge in [0.2, 0.25) is 5.91 Å². The average molecular weight is 345 g/mol. The van der Waals surface area contributed by atoms with E-state index < -0.39 is 23.5 Å². The second-order valence-corrected chi connectivity index (χ2v) is 5.98. The number of carboxylic acids is 1. The number of tetrazole rings is 1. The van der Waals surface area contributed by atoms with Crippen LogP contribution >= 0.6 is 0 Å². The van der Waals surface area contributed by atoms with Crippen LogP contribution in [0, 0.1) is 0 Å². The van der Waals surface area contributed by atoms with Crippen molar-refractivity contribution >= 4 is 11.9 Å². The van der Waals surface area contributed by atoms with E-state index in [-0.39, 0.29) is 12.8 Å². The zero-order chi connectivity index (χ0) is 17.7. The Bertz CT molecular complexity index is 713. The van der Waals surface area contributed by atoms with Crippen LogP contribution in [0.1, 0.15) is 24.4 Å². The summed E-state index contributed by atoms with van der Waals surface area (Å²) >= 11 is 0. The van der Waals surface area contributed by atoms with E-state index in [4.69, 9.17) is 4.74 Å². The number of carbonyl (C=O) groups is 2. The molecule has 1 aromatic heterocycles. The Balaban J connectivity index is 1.82. The molecular weight excluding hydrogens is 326 g/mol. The highest BCUT2D eigenvalue weighted by Crippen LogP contribution is 2.23. The van der Waals surface area contributed by atoms with Gasteiger partial charge in [0, 0.05) is 32.5 Å². The molecule has 0 bridgehead atoms. The molecule has 0 spiro atoms. The summed E-state index contributed by atoms with van der Waals surface area (Å²) in [6, 6.07) is 8.69. The first kappa shape index (κ1) is 17.0. The first-order chi connectivity index (χ1) is 12.1. The fourth-order valence-electron chi connectivity index (χ4n) is 2.89. The van der Waals surface area contributed by atoms with Crippen LogP contribution in [0.3, 0.4) is 0 Å². The van der Waals surface area contributed by atoms with E-state index in [0.29, 0.717) is 19.6 Å². The number of nitrogens with one attached hydrogen (secondary N) is 1. The fourth-order valence-corrected chi connectivity index (χ4v) is 2.89. The number of carboxylic acid groups (broad SMARTS) is 1. The van der Waals surface area contributed by atoms with Gasteiger partial charge in [-0.15, -0.1) is 5.10 Å². The monoisotopic (exact) mass is 345 g/mol. The summed E-state index contributed by atoms with van der Waals surface area (Å²) in [5.74, 6) is -1.49. The molecule has 25 heavy (non-hydrogen) atoms. The van der Waals surface area contributed by atoms with Crippen molar-refractivity contribution < 1.29 is 19.4 Å². The molecule has 0 aliphatic carbocycles. The Morgan fingerprint density at radius 1 is 1.28 bits per heavy atom. The second kappa shape index (κ2) is 7.39. The van der Waals surface area contributed by atoms with Gasteiger partial charge in [-0.25, -0.2) is 9.48 Å². The quantitative estimate of drug-likeness (QED) is 0.768. The topological polar surface area (TPSA) is 119 Å². The first-order valence-electron chi connectivity index (χ1n) is 8.00. The highest BCUT2D eigenvalue weighted by atomic mass is 16.5. The van der Waals surface area contributed by atoms with Crippen LogP contribution in [0.15, 0.2) is 36.7 Å². The summed E-state index contributed by atoms with van der Waals surface area (Å²) in [4.78, 5) is 24.7. The third-order valence-corrected chi connectivity index (χ3v) is 4.38. The number of hydrogen-bond donors (Lipinski definition) is 2. The summed E-state index contributed by atoms with van der Waals surface area (Å²) in [6.07, 6.45) is 2.15. The number of ether oxygens (including phenoxy) is 1. The molecule has 1 amide bonds. The number of aromatic nitrogens is 4. The maximum Gasteiger partial charge on any atom is 0.329 e. The zero-order valence-corrected chi connectivity index (χ0v) is 13.5. The largest absolute Gasteiger partial charge is 0.480 e. The second-order valence-electron chi connectivity index (χ2n) is 5.98. The Morgan fingerprint density at radius 2 is 2.00 bits per heavy atom. The summed E-state index contributed by atoms with van der Waals surface area (Å²) in [6.45, 7) is 0.585. The van der Waals surface area contributed by atoms with E-state index >= 15 is 0 Å². The van der Waals surface area contributed by atoms with Crippen LogP contribution in [0.2, 0.25) is 0 Å². The predicted octanol–water partition coefficient (Wildman–Crippen LogP) is 0.207. The van der Waals surface area contributed by atoms with E-state index in [1.807, 2.05) is 30.3 Å². The average Bonchev–Trinajstić information content (AvgIpc) is 3.15. The van der Waals surface area contributed by atoms with E-state index in [1.165, 1.54) is 11.0 Å². The van der Waals surface area contributed by atoms with Crippen molar-refractivity contribution in [3.63, 3.8) is 0 Å². The molecule has 2 N–H and O–H groups in total. The summed E-state index contributed by atoms with van der Waals surface area (Å²) in [7, 11) is 0. The number of aliphatic carboxylic acids is 1. The minimum atomic E-state index is -1.32. The van der Waals surface area contributed by atoms with Crippen molar-refractivity contribution in [1.29, 1.82) is 0 Å². The summed E-state index contributed by atoms with van der Waals surface area (Å²) in [5.41, 5.74) is -0.396. The van der Waals surface area contributed by atoms with Gasteiger partial charge in [-0.1, -0.05) is 30.3 Å². The van der Waals surface area contributed by atoms with Crippen molar-refractivity contribution in [3.8, 4) is 0 Å². The van der Waals surface area contributed by atoms with Crippen molar-refractivity contribution in [1.82, 2.24) is 25.5 Å². The van der Waals surface area contributed by atoms with Crippen LogP contribution in [-0.2, 0) is 20.7 Å².